The topological polar surface area (TPSA) is 19.0 Å². The van der Waals surface area contributed by atoms with Gasteiger partial charge in [0.2, 0.25) is 0 Å². The summed E-state index contributed by atoms with van der Waals surface area (Å²) < 4.78 is 0. The molecule has 0 spiro atoms. The molecule has 2 heterocycles. The fourth-order valence-electron chi connectivity index (χ4n) is 4.81. The Balaban J connectivity index is 1.24. The van der Waals surface area contributed by atoms with Crippen LogP contribution in [0, 0.1) is 0 Å². The number of nitrogens with zero attached hydrogens (tertiary/aromatic N) is 1. The van der Waals surface area contributed by atoms with Crippen LogP contribution in [0.4, 0.5) is 0 Å². The fourth-order valence-corrected chi connectivity index (χ4v) is 4.98. The number of aromatic nitrogens is 1. The average Bonchev–Trinajstić information content (AvgIpc) is 3.30. The smallest absolute Gasteiger partial charge is 0.0475 e. The Morgan fingerprint density at radius 3 is 2.93 bits per heavy atom. The summed E-state index contributed by atoms with van der Waals surface area (Å²) >= 11 is 6.11. The molecule has 0 saturated carbocycles. The van der Waals surface area contributed by atoms with Crippen molar-refractivity contribution in [1.29, 1.82) is 0 Å². The molecule has 2 aliphatic rings. The first-order valence-corrected chi connectivity index (χ1v) is 10.4. The molecular weight excluding hydrogens is 352 g/mol. The minimum absolute atomic E-state index is 0.755. The highest BCUT2D eigenvalue weighted by Crippen LogP contribution is 2.36. The maximum absolute atomic E-state index is 6.11. The second-order valence-corrected chi connectivity index (χ2v) is 8.33. The molecule has 1 aliphatic carbocycles. The van der Waals surface area contributed by atoms with E-state index in [1.54, 1.807) is 11.1 Å². The first-order chi connectivity index (χ1) is 13.3. The fraction of sp³-hybridized carbons (Fsp3) is 0.333. The van der Waals surface area contributed by atoms with E-state index in [1.165, 1.54) is 42.3 Å². The Bertz CT molecular complexity index is 1000. The number of benzene rings is 2. The van der Waals surface area contributed by atoms with Crippen molar-refractivity contribution in [2.75, 3.05) is 19.6 Å². The van der Waals surface area contributed by atoms with E-state index >= 15 is 0 Å². The van der Waals surface area contributed by atoms with Crippen LogP contribution in [-0.2, 0) is 6.42 Å². The number of halogens is 1. The lowest BCUT2D eigenvalue weighted by Gasteiger charge is -2.27. The Morgan fingerprint density at radius 2 is 2.04 bits per heavy atom. The number of aryl methyl sites for hydroxylation is 1. The van der Waals surface area contributed by atoms with Gasteiger partial charge in [0.25, 0.3) is 0 Å². The van der Waals surface area contributed by atoms with Gasteiger partial charge in [-0.1, -0.05) is 48.0 Å². The summed E-state index contributed by atoms with van der Waals surface area (Å²) in [6, 6.07) is 15.1. The summed E-state index contributed by atoms with van der Waals surface area (Å²) in [5.74, 6) is 0.755. The van der Waals surface area contributed by atoms with Crippen LogP contribution in [0.3, 0.4) is 0 Å². The van der Waals surface area contributed by atoms with Gasteiger partial charge in [-0.05, 0) is 67.0 Å². The minimum atomic E-state index is 0.755. The molecule has 0 radical (unpaired) electrons. The predicted octanol–water partition coefficient (Wildman–Crippen LogP) is 6.03. The lowest BCUT2D eigenvalue weighted by atomic mass is 9.96. The highest BCUT2D eigenvalue weighted by atomic mass is 35.5. The predicted molar refractivity (Wildman–Crippen MR) is 114 cm³/mol. The third kappa shape index (κ3) is 3.33. The molecule has 27 heavy (non-hydrogen) atoms. The molecule has 3 aromatic rings. The van der Waals surface area contributed by atoms with Crippen molar-refractivity contribution in [2.24, 2.45) is 0 Å². The van der Waals surface area contributed by atoms with Gasteiger partial charge in [-0.25, -0.2) is 0 Å². The van der Waals surface area contributed by atoms with Gasteiger partial charge >= 0.3 is 0 Å². The summed E-state index contributed by atoms with van der Waals surface area (Å²) in [6.45, 7) is 3.41. The maximum atomic E-state index is 6.11. The quantitative estimate of drug-likeness (QED) is 0.588. The molecule has 3 heteroatoms. The third-order valence-electron chi connectivity index (χ3n) is 6.33. The van der Waals surface area contributed by atoms with Gasteiger partial charge in [0, 0.05) is 40.8 Å². The molecule has 5 rings (SSSR count). The molecule has 0 fully saturated rings. The minimum Gasteiger partial charge on any atom is -0.361 e. The number of hydrogen-bond donors (Lipinski definition) is 1. The second-order valence-electron chi connectivity index (χ2n) is 7.90. The maximum Gasteiger partial charge on any atom is 0.0475 e. The van der Waals surface area contributed by atoms with Crippen LogP contribution in [0.2, 0.25) is 5.02 Å². The van der Waals surface area contributed by atoms with Gasteiger partial charge in [-0.15, -0.1) is 0 Å². The lowest BCUT2D eigenvalue weighted by molar-refractivity contribution is 0.288. The first kappa shape index (κ1) is 17.1. The average molecular weight is 377 g/mol. The number of fused-ring (bicyclic) bond motifs is 2. The number of nitrogens with one attached hydrogen (secondary N) is 1. The van der Waals surface area contributed by atoms with Gasteiger partial charge in [0.15, 0.2) is 0 Å². The van der Waals surface area contributed by atoms with Crippen molar-refractivity contribution < 1.29 is 0 Å². The van der Waals surface area contributed by atoms with Crippen molar-refractivity contribution in [3.63, 3.8) is 0 Å². The van der Waals surface area contributed by atoms with Crippen LogP contribution in [0.15, 0.2) is 54.7 Å². The zero-order chi connectivity index (χ0) is 18.2. The first-order valence-electron chi connectivity index (χ1n) is 10.0. The second kappa shape index (κ2) is 7.18. The molecule has 2 aromatic carbocycles. The molecule has 1 N–H and O–H groups in total. The molecule has 0 saturated heterocycles. The zero-order valence-electron chi connectivity index (χ0n) is 15.5. The normalized spacial score (nSPS) is 20.0. The molecule has 2 nitrogen and oxygen atoms in total. The SMILES string of the molecule is Clc1ccc2c(C3=CCN(CCC4CCc5ccccc54)CC3)c[nH]c2c1. The van der Waals surface area contributed by atoms with E-state index in [4.69, 9.17) is 11.6 Å². The van der Waals surface area contributed by atoms with E-state index in [0.717, 1.165) is 36.0 Å². The number of aromatic amines is 1. The molecule has 138 valence electrons. The Labute approximate surface area is 165 Å². The monoisotopic (exact) mass is 376 g/mol. The van der Waals surface area contributed by atoms with Crippen LogP contribution in [0.25, 0.3) is 16.5 Å². The van der Waals surface area contributed by atoms with Gasteiger partial charge < -0.3 is 4.98 Å². The highest BCUT2D eigenvalue weighted by molar-refractivity contribution is 6.31. The Morgan fingerprint density at radius 1 is 1.11 bits per heavy atom. The van der Waals surface area contributed by atoms with Crippen LogP contribution < -0.4 is 0 Å². The van der Waals surface area contributed by atoms with Crippen LogP contribution >= 0.6 is 11.6 Å². The van der Waals surface area contributed by atoms with Crippen molar-refractivity contribution in [2.45, 2.75) is 31.6 Å². The van der Waals surface area contributed by atoms with E-state index < -0.39 is 0 Å². The van der Waals surface area contributed by atoms with Crippen LogP contribution in [0.1, 0.15) is 41.9 Å². The number of H-pyrrole nitrogens is 1. The van der Waals surface area contributed by atoms with Gasteiger partial charge in [0.1, 0.15) is 0 Å². The lowest BCUT2D eigenvalue weighted by Crippen LogP contribution is -2.30. The Hall–Kier alpha value is -2.03. The highest BCUT2D eigenvalue weighted by Gasteiger charge is 2.23. The Kier molecular flexibility index (Phi) is 4.55. The standard InChI is InChI=1S/C24H25ClN2/c25-20-7-8-22-23(16-26-24(22)15-20)19-10-13-27(14-11-19)12-9-18-6-5-17-3-1-2-4-21(17)18/h1-4,7-8,10,15-16,18,26H,5-6,9,11-14H2. The third-order valence-corrected chi connectivity index (χ3v) is 6.57. The van der Waals surface area contributed by atoms with Gasteiger partial charge in [-0.2, -0.15) is 0 Å². The van der Waals surface area contributed by atoms with Gasteiger partial charge in [0.05, 0.1) is 0 Å². The molecule has 1 atom stereocenters. The number of rotatable bonds is 4. The van der Waals surface area contributed by atoms with Crippen molar-refractivity contribution in [1.82, 2.24) is 9.88 Å². The number of hydrogen-bond acceptors (Lipinski definition) is 1. The van der Waals surface area contributed by atoms with E-state index in [9.17, 15) is 0 Å². The molecule has 0 amide bonds. The zero-order valence-corrected chi connectivity index (χ0v) is 16.3. The van der Waals surface area contributed by atoms with E-state index in [1.807, 2.05) is 12.1 Å². The van der Waals surface area contributed by atoms with Crippen molar-refractivity contribution in [3.05, 3.63) is 76.5 Å². The van der Waals surface area contributed by atoms with E-state index in [2.05, 4.69) is 52.5 Å². The summed E-state index contributed by atoms with van der Waals surface area (Å²) in [7, 11) is 0. The van der Waals surface area contributed by atoms with Crippen molar-refractivity contribution in [3.8, 4) is 0 Å². The van der Waals surface area contributed by atoms with Crippen LogP contribution in [0.5, 0.6) is 0 Å². The summed E-state index contributed by atoms with van der Waals surface area (Å²) in [4.78, 5) is 5.98. The molecule has 0 bridgehead atoms. The summed E-state index contributed by atoms with van der Waals surface area (Å²) in [5, 5.41) is 2.06. The molecule has 1 aromatic heterocycles. The van der Waals surface area contributed by atoms with Crippen molar-refractivity contribution >= 4 is 28.1 Å². The largest absolute Gasteiger partial charge is 0.361 e. The van der Waals surface area contributed by atoms with E-state index in [0.29, 0.717) is 0 Å². The van der Waals surface area contributed by atoms with Crippen LogP contribution in [-0.4, -0.2) is 29.5 Å². The summed E-state index contributed by atoms with van der Waals surface area (Å²) in [6.07, 6.45) is 9.55. The molecule has 1 unspecified atom stereocenters. The van der Waals surface area contributed by atoms with Gasteiger partial charge in [-0.3, -0.25) is 4.90 Å². The molecular formula is C24H25ClN2. The van der Waals surface area contributed by atoms with E-state index in [-0.39, 0.29) is 0 Å². The summed E-state index contributed by atoms with van der Waals surface area (Å²) in [5.41, 5.74) is 7.10. The molecule has 1 aliphatic heterocycles.